The second kappa shape index (κ2) is 6.65. The van der Waals surface area contributed by atoms with E-state index in [0.29, 0.717) is 6.04 Å². The first-order valence-corrected chi connectivity index (χ1v) is 8.48. The molecule has 0 amide bonds. The summed E-state index contributed by atoms with van der Waals surface area (Å²) in [5.41, 5.74) is 2.18. The number of anilines is 1. The molecule has 5 heteroatoms. The molecule has 21 heavy (non-hydrogen) atoms. The number of nitrogens with zero attached hydrogens (tertiary/aromatic N) is 2. The van der Waals surface area contributed by atoms with E-state index < -0.39 is 6.10 Å². The van der Waals surface area contributed by atoms with Crippen LogP contribution in [0.15, 0.2) is 22.7 Å². The van der Waals surface area contributed by atoms with Crippen molar-refractivity contribution in [2.75, 3.05) is 44.3 Å². The Morgan fingerprint density at radius 1 is 1.29 bits per heavy atom. The van der Waals surface area contributed by atoms with Crippen LogP contribution in [0.1, 0.15) is 25.0 Å². The topological polar surface area (TPSA) is 35.9 Å². The van der Waals surface area contributed by atoms with Crippen molar-refractivity contribution in [1.82, 2.24) is 4.90 Å². The highest BCUT2D eigenvalue weighted by Crippen LogP contribution is 2.30. The van der Waals surface area contributed by atoms with Gasteiger partial charge in [-0.1, -0.05) is 22.0 Å². The van der Waals surface area contributed by atoms with Gasteiger partial charge in [-0.05, 0) is 31.0 Å². The quantitative estimate of drug-likeness (QED) is 0.904. The number of benzene rings is 1. The van der Waals surface area contributed by atoms with Crippen molar-refractivity contribution in [2.24, 2.45) is 0 Å². The molecule has 1 aromatic rings. The van der Waals surface area contributed by atoms with Crippen LogP contribution < -0.4 is 4.90 Å². The van der Waals surface area contributed by atoms with E-state index in [1.54, 1.807) is 6.92 Å². The third-order valence-corrected chi connectivity index (χ3v) is 5.21. The minimum atomic E-state index is -0.437. The maximum Gasteiger partial charge on any atom is 0.0772 e. The number of morpholine rings is 1. The van der Waals surface area contributed by atoms with Crippen molar-refractivity contribution in [3.05, 3.63) is 28.2 Å². The van der Waals surface area contributed by atoms with Crippen molar-refractivity contribution >= 4 is 21.6 Å². The van der Waals surface area contributed by atoms with Crippen LogP contribution in [0.25, 0.3) is 0 Å². The SMILES string of the molecule is C[C@H](O)c1ccc(N2CCC(N3CCOCC3)C2)cc1Br. The van der Waals surface area contributed by atoms with Gasteiger partial charge in [0, 0.05) is 42.4 Å². The summed E-state index contributed by atoms with van der Waals surface area (Å²) in [6.07, 6.45) is 0.781. The molecule has 1 N–H and O–H groups in total. The number of halogens is 1. The Kier molecular flexibility index (Phi) is 4.84. The van der Waals surface area contributed by atoms with Crippen molar-refractivity contribution in [1.29, 1.82) is 0 Å². The van der Waals surface area contributed by atoms with E-state index in [-0.39, 0.29) is 0 Å². The monoisotopic (exact) mass is 354 g/mol. The molecule has 3 rings (SSSR count). The first-order chi connectivity index (χ1) is 10.1. The average Bonchev–Trinajstić information content (AvgIpc) is 2.97. The second-order valence-corrected chi connectivity index (χ2v) is 6.77. The maximum atomic E-state index is 9.71. The predicted octanol–water partition coefficient (Wildman–Crippen LogP) is 2.41. The van der Waals surface area contributed by atoms with Crippen molar-refractivity contribution in [3.63, 3.8) is 0 Å². The molecular weight excluding hydrogens is 332 g/mol. The van der Waals surface area contributed by atoms with Gasteiger partial charge in [0.05, 0.1) is 19.3 Å². The standard InChI is InChI=1S/C16H23BrN2O2/c1-12(20)15-3-2-13(10-16(15)17)19-5-4-14(11-19)18-6-8-21-9-7-18/h2-3,10,12,14,20H,4-9,11H2,1H3/t12-,14?/m0/s1. The highest BCUT2D eigenvalue weighted by Gasteiger charge is 2.29. The van der Waals surface area contributed by atoms with Crippen LogP contribution in [-0.2, 0) is 4.74 Å². The lowest BCUT2D eigenvalue weighted by molar-refractivity contribution is 0.0209. The molecule has 0 aromatic heterocycles. The molecule has 0 aliphatic carbocycles. The first-order valence-electron chi connectivity index (χ1n) is 7.69. The van der Waals surface area contributed by atoms with Crippen LogP contribution >= 0.6 is 15.9 Å². The van der Waals surface area contributed by atoms with Crippen molar-refractivity contribution in [2.45, 2.75) is 25.5 Å². The van der Waals surface area contributed by atoms with Gasteiger partial charge in [-0.25, -0.2) is 0 Å². The Morgan fingerprint density at radius 3 is 2.71 bits per heavy atom. The van der Waals surface area contributed by atoms with E-state index in [1.807, 2.05) is 6.07 Å². The fourth-order valence-electron chi connectivity index (χ4n) is 3.27. The summed E-state index contributed by atoms with van der Waals surface area (Å²) in [6.45, 7) is 7.83. The fraction of sp³-hybridized carbons (Fsp3) is 0.625. The normalized spacial score (nSPS) is 25.3. The van der Waals surface area contributed by atoms with Crippen LogP contribution in [-0.4, -0.2) is 55.4 Å². The van der Waals surface area contributed by atoms with Crippen LogP contribution in [0.3, 0.4) is 0 Å². The van der Waals surface area contributed by atoms with E-state index >= 15 is 0 Å². The molecule has 2 heterocycles. The summed E-state index contributed by atoms with van der Waals surface area (Å²) in [5, 5.41) is 9.71. The van der Waals surface area contributed by atoms with Gasteiger partial charge in [-0.2, -0.15) is 0 Å². The molecule has 1 unspecified atom stereocenters. The second-order valence-electron chi connectivity index (χ2n) is 5.92. The lowest BCUT2D eigenvalue weighted by Gasteiger charge is -2.32. The fourth-order valence-corrected chi connectivity index (χ4v) is 3.97. The Bertz CT molecular complexity index is 489. The Morgan fingerprint density at radius 2 is 2.05 bits per heavy atom. The van der Waals surface area contributed by atoms with Crippen LogP contribution in [0.4, 0.5) is 5.69 Å². The van der Waals surface area contributed by atoms with Crippen molar-refractivity contribution < 1.29 is 9.84 Å². The Hall–Kier alpha value is -0.620. The molecule has 2 saturated heterocycles. The number of ether oxygens (including phenoxy) is 1. The van der Waals surface area contributed by atoms with Gasteiger partial charge in [-0.3, -0.25) is 4.90 Å². The first kappa shape index (κ1) is 15.3. The van der Waals surface area contributed by atoms with Gasteiger partial charge < -0.3 is 14.7 Å². The Balaban J connectivity index is 1.67. The molecule has 2 aliphatic rings. The lowest BCUT2D eigenvalue weighted by atomic mass is 10.1. The Labute approximate surface area is 134 Å². The minimum Gasteiger partial charge on any atom is -0.389 e. The summed E-state index contributed by atoms with van der Waals surface area (Å²) in [7, 11) is 0. The van der Waals surface area contributed by atoms with E-state index in [0.717, 1.165) is 49.4 Å². The van der Waals surface area contributed by atoms with Crippen molar-refractivity contribution in [3.8, 4) is 0 Å². The number of hydrogen-bond donors (Lipinski definition) is 1. The molecule has 2 fully saturated rings. The average molecular weight is 355 g/mol. The minimum absolute atomic E-state index is 0.437. The molecule has 2 aliphatic heterocycles. The maximum absolute atomic E-state index is 9.71. The number of rotatable bonds is 3. The number of aliphatic hydroxyl groups excluding tert-OH is 1. The van der Waals surface area contributed by atoms with E-state index in [9.17, 15) is 5.11 Å². The highest BCUT2D eigenvalue weighted by molar-refractivity contribution is 9.10. The van der Waals surface area contributed by atoms with E-state index in [4.69, 9.17) is 4.74 Å². The zero-order chi connectivity index (χ0) is 14.8. The zero-order valence-corrected chi connectivity index (χ0v) is 14.1. The molecule has 2 atom stereocenters. The van der Waals surface area contributed by atoms with Crippen LogP contribution in [0, 0.1) is 0 Å². The zero-order valence-electron chi connectivity index (χ0n) is 12.5. The van der Waals surface area contributed by atoms with Gasteiger partial charge in [-0.15, -0.1) is 0 Å². The molecule has 4 nitrogen and oxygen atoms in total. The lowest BCUT2D eigenvalue weighted by Crippen LogP contribution is -2.44. The molecule has 0 spiro atoms. The molecule has 116 valence electrons. The smallest absolute Gasteiger partial charge is 0.0772 e. The largest absolute Gasteiger partial charge is 0.389 e. The summed E-state index contributed by atoms with van der Waals surface area (Å²) < 4.78 is 6.43. The molecule has 1 aromatic carbocycles. The summed E-state index contributed by atoms with van der Waals surface area (Å²) in [5.74, 6) is 0. The molecule has 0 saturated carbocycles. The predicted molar refractivity (Wildman–Crippen MR) is 87.8 cm³/mol. The van der Waals surface area contributed by atoms with E-state index in [1.165, 1.54) is 12.1 Å². The number of hydrogen-bond acceptors (Lipinski definition) is 4. The van der Waals surface area contributed by atoms with Gasteiger partial charge in [0.15, 0.2) is 0 Å². The summed E-state index contributed by atoms with van der Waals surface area (Å²) in [4.78, 5) is 5.00. The number of aliphatic hydroxyl groups is 1. The van der Waals surface area contributed by atoms with Gasteiger partial charge in [0.1, 0.15) is 0 Å². The highest BCUT2D eigenvalue weighted by atomic mass is 79.9. The molecule has 0 radical (unpaired) electrons. The molecular formula is C16H23BrN2O2. The van der Waals surface area contributed by atoms with Gasteiger partial charge >= 0.3 is 0 Å². The third kappa shape index (κ3) is 3.42. The summed E-state index contributed by atoms with van der Waals surface area (Å²) in [6, 6.07) is 6.91. The third-order valence-electron chi connectivity index (χ3n) is 4.52. The van der Waals surface area contributed by atoms with Gasteiger partial charge in [0.2, 0.25) is 0 Å². The summed E-state index contributed by atoms with van der Waals surface area (Å²) >= 11 is 3.57. The van der Waals surface area contributed by atoms with Crippen LogP contribution in [0.5, 0.6) is 0 Å². The van der Waals surface area contributed by atoms with E-state index in [2.05, 4.69) is 37.9 Å². The van der Waals surface area contributed by atoms with Crippen LogP contribution in [0.2, 0.25) is 0 Å². The molecule has 0 bridgehead atoms. The van der Waals surface area contributed by atoms with Gasteiger partial charge in [0.25, 0.3) is 0 Å².